The lowest BCUT2D eigenvalue weighted by molar-refractivity contribution is -0.0795. The second-order valence-electron chi connectivity index (χ2n) is 9.52. The first-order chi connectivity index (χ1) is 14.5. The molecule has 3 rings (SSSR count). The number of ether oxygens (including phenoxy) is 2. The van der Waals surface area contributed by atoms with Gasteiger partial charge in [0.05, 0.1) is 11.7 Å². The zero-order chi connectivity index (χ0) is 22.8. The Morgan fingerprint density at radius 3 is 2.35 bits per heavy atom. The Morgan fingerprint density at radius 2 is 1.81 bits per heavy atom. The van der Waals surface area contributed by atoms with Crippen LogP contribution in [0.3, 0.4) is 0 Å². The number of rotatable bonds is 5. The normalized spacial score (nSPS) is 20.7. The predicted octanol–water partition coefficient (Wildman–Crippen LogP) is 5.29. The standard InChI is InChI=1S/C25H35N3O3/c1-8-26-16-21-14-13-20(15-27-21)18-9-11-19(12-10-18)22-17(2)28(25(6,7)30-22)23(29)31-24(3,4)5/h9-15,17,22,26H,8,16H2,1-7H3/t17-,22+/m1/s1. The first-order valence-electron chi connectivity index (χ1n) is 11.0. The summed E-state index contributed by atoms with van der Waals surface area (Å²) < 4.78 is 11.9. The Hall–Kier alpha value is -2.44. The maximum atomic E-state index is 12.8. The lowest BCUT2D eigenvalue weighted by Crippen LogP contribution is -2.49. The first kappa shape index (κ1) is 23.2. The van der Waals surface area contributed by atoms with Gasteiger partial charge in [0.1, 0.15) is 17.4 Å². The van der Waals surface area contributed by atoms with Gasteiger partial charge < -0.3 is 14.8 Å². The van der Waals surface area contributed by atoms with Crippen molar-refractivity contribution < 1.29 is 14.3 Å². The number of amides is 1. The minimum Gasteiger partial charge on any atom is -0.444 e. The molecule has 2 heterocycles. The van der Waals surface area contributed by atoms with Crippen LogP contribution in [0, 0.1) is 0 Å². The van der Waals surface area contributed by atoms with Gasteiger partial charge in [-0.1, -0.05) is 37.3 Å². The number of aromatic nitrogens is 1. The molecule has 0 bridgehead atoms. The van der Waals surface area contributed by atoms with Gasteiger partial charge in [0.25, 0.3) is 0 Å². The molecule has 1 amide bonds. The molecule has 2 aromatic rings. The zero-order valence-corrected chi connectivity index (χ0v) is 19.7. The smallest absolute Gasteiger partial charge is 0.412 e. The van der Waals surface area contributed by atoms with Crippen LogP contribution in [0.15, 0.2) is 42.6 Å². The monoisotopic (exact) mass is 425 g/mol. The van der Waals surface area contributed by atoms with Gasteiger partial charge in [0, 0.05) is 18.3 Å². The SMILES string of the molecule is CCNCc1ccc(-c2ccc([C@H]3OC(C)(C)N(C(=O)OC(C)(C)C)[C@@H]3C)cc2)cn1. The molecule has 0 aliphatic carbocycles. The van der Waals surface area contributed by atoms with Crippen molar-refractivity contribution in [1.82, 2.24) is 15.2 Å². The maximum Gasteiger partial charge on any atom is 0.412 e. The van der Waals surface area contributed by atoms with Crippen molar-refractivity contribution in [2.75, 3.05) is 6.54 Å². The van der Waals surface area contributed by atoms with Gasteiger partial charge in [-0.25, -0.2) is 4.79 Å². The van der Waals surface area contributed by atoms with Crippen LogP contribution in [0.5, 0.6) is 0 Å². The quantitative estimate of drug-likeness (QED) is 0.705. The summed E-state index contributed by atoms with van der Waals surface area (Å²) in [4.78, 5) is 19.0. The second kappa shape index (κ2) is 8.97. The van der Waals surface area contributed by atoms with E-state index in [1.54, 1.807) is 4.90 Å². The van der Waals surface area contributed by atoms with Crippen LogP contribution in [0.1, 0.15) is 65.8 Å². The average Bonchev–Trinajstić information content (AvgIpc) is 2.94. The number of benzene rings is 1. The number of nitrogens with zero attached hydrogens (tertiary/aromatic N) is 2. The molecule has 31 heavy (non-hydrogen) atoms. The van der Waals surface area contributed by atoms with E-state index >= 15 is 0 Å². The van der Waals surface area contributed by atoms with Crippen LogP contribution in [-0.2, 0) is 16.0 Å². The van der Waals surface area contributed by atoms with Gasteiger partial charge in [-0.3, -0.25) is 9.88 Å². The average molecular weight is 426 g/mol. The van der Waals surface area contributed by atoms with Crippen molar-refractivity contribution in [1.29, 1.82) is 0 Å². The van der Waals surface area contributed by atoms with Gasteiger partial charge in [-0.05, 0) is 65.3 Å². The molecule has 0 unspecified atom stereocenters. The van der Waals surface area contributed by atoms with E-state index in [-0.39, 0.29) is 18.2 Å². The summed E-state index contributed by atoms with van der Waals surface area (Å²) in [6.45, 7) is 15.2. The van der Waals surface area contributed by atoms with E-state index in [1.165, 1.54) is 0 Å². The van der Waals surface area contributed by atoms with E-state index < -0.39 is 11.3 Å². The minimum atomic E-state index is -0.753. The van der Waals surface area contributed by atoms with Gasteiger partial charge in [0.2, 0.25) is 0 Å². The maximum absolute atomic E-state index is 12.8. The number of carbonyl (C=O) groups is 1. The third-order valence-electron chi connectivity index (χ3n) is 5.38. The second-order valence-corrected chi connectivity index (χ2v) is 9.52. The summed E-state index contributed by atoms with van der Waals surface area (Å²) in [6, 6.07) is 12.3. The Bertz CT molecular complexity index is 886. The molecule has 1 aliphatic rings. The Balaban J connectivity index is 1.75. The largest absolute Gasteiger partial charge is 0.444 e. The number of pyridine rings is 1. The topological polar surface area (TPSA) is 63.7 Å². The predicted molar refractivity (Wildman–Crippen MR) is 122 cm³/mol. The Labute approximate surface area is 186 Å². The third-order valence-corrected chi connectivity index (χ3v) is 5.38. The molecule has 1 saturated heterocycles. The molecule has 0 saturated carbocycles. The molecule has 0 radical (unpaired) electrons. The molecule has 6 heteroatoms. The highest BCUT2D eigenvalue weighted by Gasteiger charge is 2.49. The van der Waals surface area contributed by atoms with E-state index in [4.69, 9.17) is 9.47 Å². The Kier molecular flexibility index (Phi) is 6.72. The van der Waals surface area contributed by atoms with E-state index in [0.717, 1.165) is 35.5 Å². The molecule has 6 nitrogen and oxygen atoms in total. The molecule has 168 valence electrons. The summed E-state index contributed by atoms with van der Waals surface area (Å²) in [5.74, 6) is 0. The molecular weight excluding hydrogens is 390 g/mol. The number of hydrogen-bond donors (Lipinski definition) is 1. The van der Waals surface area contributed by atoms with Crippen LogP contribution < -0.4 is 5.32 Å². The van der Waals surface area contributed by atoms with Crippen LogP contribution in [0.4, 0.5) is 4.79 Å². The van der Waals surface area contributed by atoms with E-state index in [0.29, 0.717) is 0 Å². The van der Waals surface area contributed by atoms with Crippen molar-refractivity contribution in [3.05, 3.63) is 53.9 Å². The fraction of sp³-hybridized carbons (Fsp3) is 0.520. The summed E-state index contributed by atoms with van der Waals surface area (Å²) in [6.07, 6.45) is 1.33. The summed E-state index contributed by atoms with van der Waals surface area (Å²) in [5, 5.41) is 3.28. The van der Waals surface area contributed by atoms with Crippen molar-refractivity contribution >= 4 is 6.09 Å². The molecule has 0 spiro atoms. The van der Waals surface area contributed by atoms with Crippen molar-refractivity contribution in [3.63, 3.8) is 0 Å². The van der Waals surface area contributed by atoms with E-state index in [9.17, 15) is 4.79 Å². The fourth-order valence-electron chi connectivity index (χ4n) is 3.95. The van der Waals surface area contributed by atoms with Crippen LogP contribution in [-0.4, -0.2) is 39.9 Å². The van der Waals surface area contributed by atoms with Gasteiger partial charge in [-0.15, -0.1) is 0 Å². The number of hydrogen-bond acceptors (Lipinski definition) is 5. The summed E-state index contributed by atoms with van der Waals surface area (Å²) >= 11 is 0. The molecule has 1 fully saturated rings. The Morgan fingerprint density at radius 1 is 1.16 bits per heavy atom. The van der Waals surface area contributed by atoms with Gasteiger partial charge in [0.15, 0.2) is 0 Å². The lowest BCUT2D eigenvalue weighted by Gasteiger charge is -2.34. The third kappa shape index (κ3) is 5.43. The molecular formula is C25H35N3O3. The molecule has 1 aliphatic heterocycles. The zero-order valence-electron chi connectivity index (χ0n) is 19.7. The van der Waals surface area contributed by atoms with Crippen LogP contribution >= 0.6 is 0 Å². The highest BCUT2D eigenvalue weighted by Crippen LogP contribution is 2.41. The lowest BCUT2D eigenvalue weighted by atomic mass is 9.99. The van der Waals surface area contributed by atoms with Crippen LogP contribution in [0.25, 0.3) is 11.1 Å². The van der Waals surface area contributed by atoms with Crippen LogP contribution in [0.2, 0.25) is 0 Å². The van der Waals surface area contributed by atoms with E-state index in [1.807, 2.05) is 47.7 Å². The number of carbonyl (C=O) groups excluding carboxylic acids is 1. The first-order valence-corrected chi connectivity index (χ1v) is 11.0. The molecule has 1 aromatic heterocycles. The van der Waals surface area contributed by atoms with Gasteiger partial charge >= 0.3 is 6.09 Å². The summed E-state index contributed by atoms with van der Waals surface area (Å²) in [7, 11) is 0. The molecule has 1 aromatic carbocycles. The van der Waals surface area contributed by atoms with E-state index in [2.05, 4.69) is 53.6 Å². The molecule has 1 N–H and O–H groups in total. The highest BCUT2D eigenvalue weighted by molar-refractivity contribution is 5.70. The summed E-state index contributed by atoms with van der Waals surface area (Å²) in [5.41, 5.74) is 2.93. The van der Waals surface area contributed by atoms with Crippen molar-refractivity contribution in [2.45, 2.75) is 78.5 Å². The molecule has 2 atom stereocenters. The van der Waals surface area contributed by atoms with Gasteiger partial charge in [-0.2, -0.15) is 0 Å². The number of nitrogens with one attached hydrogen (secondary N) is 1. The fourth-order valence-corrected chi connectivity index (χ4v) is 3.95. The highest BCUT2D eigenvalue weighted by atomic mass is 16.6. The minimum absolute atomic E-state index is 0.150. The van der Waals surface area contributed by atoms with Crippen molar-refractivity contribution in [2.24, 2.45) is 0 Å². The van der Waals surface area contributed by atoms with Crippen molar-refractivity contribution in [3.8, 4) is 11.1 Å².